The van der Waals surface area contributed by atoms with Crippen molar-refractivity contribution in [1.82, 2.24) is 10.3 Å². The Kier molecular flexibility index (Phi) is 9.05. The number of unbranched alkanes of at least 4 members (excludes halogenated alkanes) is 5. The van der Waals surface area contributed by atoms with Crippen LogP contribution in [0.5, 0.6) is 5.88 Å². The summed E-state index contributed by atoms with van der Waals surface area (Å²) in [6.07, 6.45) is 8.68. The lowest BCUT2D eigenvalue weighted by atomic mass is 10.1. The standard InChI is InChI=1S/C17H30N2O/c1-4-6-7-8-9-10-11-20-17-13-15(14-18-3)12-16(5-2)19-17/h12-13,18H,4-11,14H2,1-3H3. The Morgan fingerprint density at radius 3 is 2.50 bits per heavy atom. The predicted octanol–water partition coefficient (Wildman–Crippen LogP) is 4.10. The molecule has 0 bridgehead atoms. The van der Waals surface area contributed by atoms with E-state index in [-0.39, 0.29) is 0 Å². The van der Waals surface area contributed by atoms with Crippen LogP contribution in [0, 0.1) is 0 Å². The highest BCUT2D eigenvalue weighted by Crippen LogP contribution is 2.14. The molecular weight excluding hydrogens is 248 g/mol. The van der Waals surface area contributed by atoms with Crippen molar-refractivity contribution in [1.29, 1.82) is 0 Å². The molecule has 114 valence electrons. The second-order valence-electron chi connectivity index (χ2n) is 5.31. The van der Waals surface area contributed by atoms with Gasteiger partial charge in [-0.1, -0.05) is 46.0 Å². The number of ether oxygens (including phenoxy) is 1. The molecule has 3 heteroatoms. The number of aromatic nitrogens is 1. The number of rotatable bonds is 11. The molecule has 0 atom stereocenters. The van der Waals surface area contributed by atoms with Crippen molar-refractivity contribution in [2.24, 2.45) is 0 Å². The average molecular weight is 278 g/mol. The number of hydrogen-bond donors (Lipinski definition) is 1. The van der Waals surface area contributed by atoms with Crippen molar-refractivity contribution in [3.05, 3.63) is 23.4 Å². The molecule has 1 aromatic rings. The molecule has 1 heterocycles. The highest BCUT2D eigenvalue weighted by Gasteiger charge is 2.02. The molecule has 0 saturated carbocycles. The molecule has 1 aromatic heterocycles. The maximum absolute atomic E-state index is 5.80. The zero-order chi connectivity index (χ0) is 14.6. The van der Waals surface area contributed by atoms with Gasteiger partial charge in [-0.15, -0.1) is 0 Å². The van der Waals surface area contributed by atoms with Gasteiger partial charge in [0.15, 0.2) is 0 Å². The molecule has 0 fully saturated rings. The zero-order valence-corrected chi connectivity index (χ0v) is 13.4. The van der Waals surface area contributed by atoms with Gasteiger partial charge in [-0.3, -0.25) is 0 Å². The normalized spacial score (nSPS) is 10.8. The Labute approximate surface area is 124 Å². The van der Waals surface area contributed by atoms with Gasteiger partial charge in [0.05, 0.1) is 6.61 Å². The molecule has 0 aliphatic rings. The van der Waals surface area contributed by atoms with E-state index in [1.165, 1.54) is 37.7 Å². The predicted molar refractivity (Wildman–Crippen MR) is 85.2 cm³/mol. The minimum absolute atomic E-state index is 0.781. The molecule has 0 unspecified atom stereocenters. The summed E-state index contributed by atoms with van der Waals surface area (Å²) in [5, 5.41) is 3.18. The summed E-state index contributed by atoms with van der Waals surface area (Å²) in [5.41, 5.74) is 2.35. The van der Waals surface area contributed by atoms with Gasteiger partial charge in [0, 0.05) is 18.3 Å². The number of nitrogens with one attached hydrogen (secondary N) is 1. The maximum atomic E-state index is 5.80. The number of hydrogen-bond acceptors (Lipinski definition) is 3. The molecule has 3 nitrogen and oxygen atoms in total. The first-order valence-corrected chi connectivity index (χ1v) is 8.07. The number of nitrogens with zero attached hydrogens (tertiary/aromatic N) is 1. The Morgan fingerprint density at radius 2 is 1.80 bits per heavy atom. The lowest BCUT2D eigenvalue weighted by Crippen LogP contribution is -2.07. The van der Waals surface area contributed by atoms with E-state index in [1.807, 2.05) is 13.1 Å². The van der Waals surface area contributed by atoms with Crippen molar-refractivity contribution in [3.63, 3.8) is 0 Å². The van der Waals surface area contributed by atoms with Gasteiger partial charge in [0.25, 0.3) is 0 Å². The Hall–Kier alpha value is -1.09. The van der Waals surface area contributed by atoms with E-state index in [0.717, 1.165) is 37.6 Å². The molecule has 20 heavy (non-hydrogen) atoms. The quantitative estimate of drug-likeness (QED) is 0.619. The van der Waals surface area contributed by atoms with E-state index in [9.17, 15) is 0 Å². The summed E-state index contributed by atoms with van der Waals surface area (Å²) < 4.78 is 5.80. The maximum Gasteiger partial charge on any atom is 0.213 e. The van der Waals surface area contributed by atoms with Gasteiger partial charge < -0.3 is 10.1 Å². The van der Waals surface area contributed by atoms with E-state index in [1.54, 1.807) is 0 Å². The van der Waals surface area contributed by atoms with Crippen LogP contribution < -0.4 is 10.1 Å². The molecule has 1 N–H and O–H groups in total. The summed E-state index contributed by atoms with van der Waals surface area (Å²) >= 11 is 0. The Morgan fingerprint density at radius 1 is 1.05 bits per heavy atom. The Balaban J connectivity index is 2.33. The molecule has 0 spiro atoms. The van der Waals surface area contributed by atoms with Gasteiger partial charge in [-0.25, -0.2) is 4.98 Å². The number of aryl methyl sites for hydroxylation is 1. The lowest BCUT2D eigenvalue weighted by molar-refractivity contribution is 0.292. The van der Waals surface area contributed by atoms with Crippen LogP contribution >= 0.6 is 0 Å². The van der Waals surface area contributed by atoms with Crippen LogP contribution in [-0.4, -0.2) is 18.6 Å². The SMILES string of the molecule is CCCCCCCCOc1cc(CNC)cc(CC)n1. The first kappa shape index (κ1) is 17.0. The molecule has 0 aromatic carbocycles. The van der Waals surface area contributed by atoms with Crippen LogP contribution in [-0.2, 0) is 13.0 Å². The van der Waals surface area contributed by atoms with Crippen LogP contribution in [0.2, 0.25) is 0 Å². The van der Waals surface area contributed by atoms with Crippen LogP contribution in [0.3, 0.4) is 0 Å². The highest BCUT2D eigenvalue weighted by molar-refractivity contribution is 5.25. The first-order chi connectivity index (χ1) is 9.80. The molecule has 0 aliphatic carbocycles. The zero-order valence-electron chi connectivity index (χ0n) is 13.4. The smallest absolute Gasteiger partial charge is 0.213 e. The second-order valence-corrected chi connectivity index (χ2v) is 5.31. The second kappa shape index (κ2) is 10.7. The molecule has 1 rings (SSSR count). The minimum Gasteiger partial charge on any atom is -0.478 e. The third-order valence-corrected chi connectivity index (χ3v) is 3.41. The fourth-order valence-corrected chi connectivity index (χ4v) is 2.24. The molecule has 0 saturated heterocycles. The largest absolute Gasteiger partial charge is 0.478 e. The van der Waals surface area contributed by atoms with Gasteiger partial charge in [0.1, 0.15) is 0 Å². The fourth-order valence-electron chi connectivity index (χ4n) is 2.24. The minimum atomic E-state index is 0.781. The molecular formula is C17H30N2O. The molecule has 0 amide bonds. The average Bonchev–Trinajstić information content (AvgIpc) is 2.46. The topological polar surface area (TPSA) is 34.1 Å². The van der Waals surface area contributed by atoms with Crippen LogP contribution in [0.1, 0.15) is 63.6 Å². The summed E-state index contributed by atoms with van der Waals surface area (Å²) in [7, 11) is 1.96. The molecule has 0 aliphatic heterocycles. The summed E-state index contributed by atoms with van der Waals surface area (Å²) in [6, 6.07) is 4.20. The van der Waals surface area contributed by atoms with Gasteiger partial charge in [-0.2, -0.15) is 0 Å². The Bertz CT molecular complexity index is 366. The third-order valence-electron chi connectivity index (χ3n) is 3.41. The van der Waals surface area contributed by atoms with Crippen molar-refractivity contribution in [2.45, 2.75) is 65.3 Å². The monoisotopic (exact) mass is 278 g/mol. The number of pyridine rings is 1. The van der Waals surface area contributed by atoms with Crippen molar-refractivity contribution < 1.29 is 4.74 Å². The van der Waals surface area contributed by atoms with Crippen LogP contribution in [0.4, 0.5) is 0 Å². The van der Waals surface area contributed by atoms with E-state index >= 15 is 0 Å². The van der Waals surface area contributed by atoms with Gasteiger partial charge >= 0.3 is 0 Å². The molecule has 0 radical (unpaired) electrons. The van der Waals surface area contributed by atoms with Crippen LogP contribution in [0.15, 0.2) is 12.1 Å². The van der Waals surface area contributed by atoms with E-state index in [2.05, 4.69) is 30.2 Å². The first-order valence-electron chi connectivity index (χ1n) is 8.07. The van der Waals surface area contributed by atoms with Crippen molar-refractivity contribution >= 4 is 0 Å². The lowest BCUT2D eigenvalue weighted by Gasteiger charge is -2.09. The highest BCUT2D eigenvalue weighted by atomic mass is 16.5. The van der Waals surface area contributed by atoms with E-state index < -0.39 is 0 Å². The van der Waals surface area contributed by atoms with E-state index in [0.29, 0.717) is 0 Å². The van der Waals surface area contributed by atoms with Crippen molar-refractivity contribution in [3.8, 4) is 5.88 Å². The summed E-state index contributed by atoms with van der Waals surface area (Å²) in [4.78, 5) is 4.53. The van der Waals surface area contributed by atoms with Crippen molar-refractivity contribution in [2.75, 3.05) is 13.7 Å². The summed E-state index contributed by atoms with van der Waals surface area (Å²) in [5.74, 6) is 0.781. The van der Waals surface area contributed by atoms with E-state index in [4.69, 9.17) is 4.74 Å². The van der Waals surface area contributed by atoms with Crippen LogP contribution in [0.25, 0.3) is 0 Å². The van der Waals surface area contributed by atoms with Gasteiger partial charge in [-0.05, 0) is 31.5 Å². The fraction of sp³-hybridized carbons (Fsp3) is 0.706. The van der Waals surface area contributed by atoms with Gasteiger partial charge in [0.2, 0.25) is 5.88 Å². The summed E-state index contributed by atoms with van der Waals surface area (Å²) in [6.45, 7) is 6.02. The third kappa shape index (κ3) is 6.90.